The molecular formula is C27H20ClNO2. The normalized spacial score (nSPS) is 10.5. The van der Waals surface area contributed by atoms with E-state index in [1.807, 2.05) is 60.7 Å². The average Bonchev–Trinajstić information content (AvgIpc) is 2.81. The van der Waals surface area contributed by atoms with Gasteiger partial charge in [-0.05, 0) is 34.9 Å². The van der Waals surface area contributed by atoms with Crippen LogP contribution in [0, 0.1) is 0 Å². The summed E-state index contributed by atoms with van der Waals surface area (Å²) in [6.07, 6.45) is 0.205. The number of nitrogens with one attached hydrogen (secondary N) is 1. The van der Waals surface area contributed by atoms with Gasteiger partial charge in [-0.3, -0.25) is 9.59 Å². The summed E-state index contributed by atoms with van der Waals surface area (Å²) in [6, 6.07) is 31.8. The molecule has 152 valence electrons. The molecule has 0 saturated carbocycles. The van der Waals surface area contributed by atoms with E-state index in [-0.39, 0.29) is 18.1 Å². The van der Waals surface area contributed by atoms with Crippen LogP contribution in [0.15, 0.2) is 103 Å². The molecule has 3 nitrogen and oxygen atoms in total. The summed E-state index contributed by atoms with van der Waals surface area (Å²) in [4.78, 5) is 25.6. The Labute approximate surface area is 186 Å². The smallest absolute Gasteiger partial charge is 0.228 e. The zero-order valence-electron chi connectivity index (χ0n) is 16.7. The number of hydrogen-bond donors (Lipinski definition) is 1. The quantitative estimate of drug-likeness (QED) is 0.362. The second-order valence-electron chi connectivity index (χ2n) is 7.17. The third-order valence-electron chi connectivity index (χ3n) is 4.96. The first kappa shape index (κ1) is 20.6. The van der Waals surface area contributed by atoms with Gasteiger partial charge in [-0.2, -0.15) is 0 Å². The molecule has 1 amide bonds. The van der Waals surface area contributed by atoms with E-state index >= 15 is 0 Å². The Morgan fingerprint density at radius 3 is 2.00 bits per heavy atom. The molecular weight excluding hydrogens is 406 g/mol. The summed E-state index contributed by atoms with van der Waals surface area (Å²) in [6.45, 7) is 0. The maximum atomic E-state index is 12.9. The van der Waals surface area contributed by atoms with Crippen molar-refractivity contribution in [1.29, 1.82) is 0 Å². The highest BCUT2D eigenvalue weighted by Crippen LogP contribution is 2.24. The van der Waals surface area contributed by atoms with Gasteiger partial charge in [-0.15, -0.1) is 0 Å². The number of carbonyl (C=O) groups excluding carboxylic acids is 2. The molecule has 31 heavy (non-hydrogen) atoms. The molecule has 4 aromatic rings. The monoisotopic (exact) mass is 425 g/mol. The topological polar surface area (TPSA) is 46.2 Å². The largest absolute Gasteiger partial charge is 0.325 e. The number of benzene rings is 4. The van der Waals surface area contributed by atoms with Crippen LogP contribution in [0.5, 0.6) is 0 Å². The average molecular weight is 426 g/mol. The number of anilines is 1. The second kappa shape index (κ2) is 9.41. The molecule has 0 saturated heterocycles. The van der Waals surface area contributed by atoms with Crippen LogP contribution in [-0.4, -0.2) is 11.7 Å². The molecule has 0 bridgehead atoms. The zero-order valence-corrected chi connectivity index (χ0v) is 17.5. The van der Waals surface area contributed by atoms with E-state index in [9.17, 15) is 9.59 Å². The molecule has 0 radical (unpaired) electrons. The molecule has 0 atom stereocenters. The third-order valence-corrected chi connectivity index (χ3v) is 5.20. The first-order chi connectivity index (χ1) is 15.1. The zero-order chi connectivity index (χ0) is 21.6. The number of carbonyl (C=O) groups is 2. The fourth-order valence-corrected chi connectivity index (χ4v) is 3.56. The van der Waals surface area contributed by atoms with E-state index in [2.05, 4.69) is 5.32 Å². The van der Waals surface area contributed by atoms with Crippen LogP contribution < -0.4 is 5.32 Å². The fourth-order valence-electron chi connectivity index (χ4n) is 3.38. The third kappa shape index (κ3) is 5.08. The summed E-state index contributed by atoms with van der Waals surface area (Å²) in [5.41, 5.74) is 4.47. The minimum atomic E-state index is -0.197. The van der Waals surface area contributed by atoms with Crippen LogP contribution in [0.4, 0.5) is 5.69 Å². The van der Waals surface area contributed by atoms with Gasteiger partial charge in [0, 0.05) is 16.1 Å². The van der Waals surface area contributed by atoms with Crippen LogP contribution in [0.2, 0.25) is 5.02 Å². The molecule has 0 fully saturated rings. The maximum Gasteiger partial charge on any atom is 0.228 e. The molecule has 1 N–H and O–H groups in total. The van der Waals surface area contributed by atoms with Crippen LogP contribution in [-0.2, 0) is 11.2 Å². The van der Waals surface area contributed by atoms with Gasteiger partial charge in [0.25, 0.3) is 0 Å². The van der Waals surface area contributed by atoms with E-state index in [0.717, 1.165) is 16.7 Å². The lowest BCUT2D eigenvalue weighted by molar-refractivity contribution is -0.115. The number of ketones is 1. The van der Waals surface area contributed by atoms with E-state index in [1.54, 1.807) is 42.5 Å². The van der Waals surface area contributed by atoms with Crippen molar-refractivity contribution in [3.05, 3.63) is 125 Å². The van der Waals surface area contributed by atoms with Crippen molar-refractivity contribution >= 4 is 29.0 Å². The van der Waals surface area contributed by atoms with Gasteiger partial charge in [0.2, 0.25) is 5.91 Å². The van der Waals surface area contributed by atoms with Crippen molar-refractivity contribution in [2.45, 2.75) is 6.42 Å². The summed E-state index contributed by atoms with van der Waals surface area (Å²) < 4.78 is 0. The summed E-state index contributed by atoms with van der Waals surface area (Å²) >= 11 is 6.12. The Morgan fingerprint density at radius 1 is 0.710 bits per heavy atom. The van der Waals surface area contributed by atoms with Gasteiger partial charge in [0.15, 0.2) is 5.78 Å². The van der Waals surface area contributed by atoms with Gasteiger partial charge in [0.1, 0.15) is 0 Å². The van der Waals surface area contributed by atoms with Crippen molar-refractivity contribution in [1.82, 2.24) is 0 Å². The van der Waals surface area contributed by atoms with Gasteiger partial charge in [0.05, 0.1) is 12.1 Å². The molecule has 0 heterocycles. The van der Waals surface area contributed by atoms with Gasteiger partial charge < -0.3 is 5.32 Å². The van der Waals surface area contributed by atoms with E-state index in [1.165, 1.54) is 0 Å². The van der Waals surface area contributed by atoms with Crippen LogP contribution in [0.1, 0.15) is 21.5 Å². The van der Waals surface area contributed by atoms with Gasteiger partial charge >= 0.3 is 0 Å². The lowest BCUT2D eigenvalue weighted by Crippen LogP contribution is -2.17. The standard InChI is InChI=1S/C27H20ClNO2/c28-23-15-16-25(24(18-23)27(31)22-9-5-2-6-10-22)29-26(30)17-19-11-13-21(14-12-19)20-7-3-1-4-8-20/h1-16,18H,17H2,(H,29,30). The molecule has 0 unspecified atom stereocenters. The lowest BCUT2D eigenvalue weighted by Gasteiger charge is -2.12. The molecule has 0 aliphatic heterocycles. The molecule has 4 aromatic carbocycles. The van der Waals surface area contributed by atoms with E-state index < -0.39 is 0 Å². The van der Waals surface area contributed by atoms with Crippen molar-refractivity contribution in [2.75, 3.05) is 5.32 Å². The SMILES string of the molecule is O=C(Cc1ccc(-c2ccccc2)cc1)Nc1ccc(Cl)cc1C(=O)c1ccccc1. The van der Waals surface area contributed by atoms with Crippen molar-refractivity contribution in [3.63, 3.8) is 0 Å². The van der Waals surface area contributed by atoms with Crippen molar-refractivity contribution < 1.29 is 9.59 Å². The Hall–Kier alpha value is -3.69. The molecule has 0 aromatic heterocycles. The van der Waals surface area contributed by atoms with Gasteiger partial charge in [-0.1, -0.05) is 96.5 Å². The van der Waals surface area contributed by atoms with Gasteiger partial charge in [-0.25, -0.2) is 0 Å². The lowest BCUT2D eigenvalue weighted by atomic mass is 10.0. The number of halogens is 1. The predicted octanol–water partition coefficient (Wildman–Crippen LogP) is 6.42. The minimum absolute atomic E-state index is 0.189. The Kier molecular flexibility index (Phi) is 6.25. The van der Waals surface area contributed by atoms with E-state index in [0.29, 0.717) is 21.8 Å². The highest BCUT2D eigenvalue weighted by Gasteiger charge is 2.16. The van der Waals surface area contributed by atoms with Crippen LogP contribution >= 0.6 is 11.6 Å². The first-order valence-corrected chi connectivity index (χ1v) is 10.3. The van der Waals surface area contributed by atoms with E-state index in [4.69, 9.17) is 11.6 Å². The number of hydrogen-bond acceptors (Lipinski definition) is 2. The first-order valence-electron chi connectivity index (χ1n) is 9.94. The molecule has 0 spiro atoms. The number of rotatable bonds is 6. The highest BCUT2D eigenvalue weighted by atomic mass is 35.5. The van der Waals surface area contributed by atoms with Crippen molar-refractivity contribution in [2.24, 2.45) is 0 Å². The summed E-state index contributed by atoms with van der Waals surface area (Å²) in [5, 5.41) is 3.30. The molecule has 4 rings (SSSR count). The molecule has 4 heteroatoms. The van der Waals surface area contributed by atoms with Crippen molar-refractivity contribution in [3.8, 4) is 11.1 Å². The molecule has 0 aliphatic rings. The highest BCUT2D eigenvalue weighted by molar-refractivity contribution is 6.31. The number of amides is 1. The minimum Gasteiger partial charge on any atom is -0.325 e. The summed E-state index contributed by atoms with van der Waals surface area (Å²) in [7, 11) is 0. The predicted molar refractivity (Wildman–Crippen MR) is 126 cm³/mol. The Bertz CT molecular complexity index is 1200. The van der Waals surface area contributed by atoms with Crippen LogP contribution in [0.25, 0.3) is 11.1 Å². The fraction of sp³-hybridized carbons (Fsp3) is 0.0370. The molecule has 0 aliphatic carbocycles. The Balaban J connectivity index is 1.49. The maximum absolute atomic E-state index is 12.9. The summed E-state index contributed by atoms with van der Waals surface area (Å²) in [5.74, 6) is -0.387. The second-order valence-corrected chi connectivity index (χ2v) is 7.61. The van der Waals surface area contributed by atoms with Crippen LogP contribution in [0.3, 0.4) is 0 Å². The Morgan fingerprint density at radius 2 is 1.32 bits per heavy atom.